The van der Waals surface area contributed by atoms with Crippen LogP contribution >= 0.6 is 11.3 Å². The zero-order chi connectivity index (χ0) is 23.1. The van der Waals surface area contributed by atoms with Crippen LogP contribution in [0.1, 0.15) is 91.1 Å². The average Bonchev–Trinajstić information content (AvgIpc) is 3.20. The number of nitrogens with zero attached hydrogens (tertiary/aromatic N) is 1. The Kier molecular flexibility index (Phi) is 6.00. The van der Waals surface area contributed by atoms with Crippen LogP contribution in [0.25, 0.3) is 0 Å². The van der Waals surface area contributed by atoms with Gasteiger partial charge < -0.3 is 14.6 Å². The van der Waals surface area contributed by atoms with Crippen LogP contribution in [-0.4, -0.2) is 28.4 Å². The Balaban J connectivity index is 1.69. The molecule has 172 valence electrons. The van der Waals surface area contributed by atoms with E-state index < -0.39 is 17.0 Å². The van der Waals surface area contributed by atoms with Crippen LogP contribution in [0.4, 0.5) is 5.00 Å². The first-order valence-corrected chi connectivity index (χ1v) is 12.0. The SMILES string of the molecule is CC(=O)Nc1sc2c(c1C(=O)OC(C)(C)C)CCC(CCc1ccon1)(CC1CC1)C2=O. The van der Waals surface area contributed by atoms with Gasteiger partial charge in [0.1, 0.15) is 16.9 Å². The molecule has 1 unspecified atom stereocenters. The first-order chi connectivity index (χ1) is 15.1. The van der Waals surface area contributed by atoms with E-state index in [0.29, 0.717) is 52.6 Å². The van der Waals surface area contributed by atoms with Gasteiger partial charge in [0.25, 0.3) is 0 Å². The third-order valence-electron chi connectivity index (χ3n) is 6.17. The number of carbonyl (C=O) groups excluding carboxylic acids is 3. The van der Waals surface area contributed by atoms with E-state index >= 15 is 0 Å². The van der Waals surface area contributed by atoms with Crippen LogP contribution in [0, 0.1) is 11.3 Å². The number of ether oxygens (including phenoxy) is 1. The normalized spacial score (nSPS) is 20.7. The van der Waals surface area contributed by atoms with Crippen LogP contribution in [0.2, 0.25) is 0 Å². The highest BCUT2D eigenvalue weighted by Crippen LogP contribution is 2.52. The van der Waals surface area contributed by atoms with Gasteiger partial charge in [-0.15, -0.1) is 11.3 Å². The minimum atomic E-state index is -0.675. The maximum atomic E-state index is 13.9. The second kappa shape index (κ2) is 8.46. The van der Waals surface area contributed by atoms with E-state index in [-0.39, 0.29) is 11.7 Å². The molecule has 32 heavy (non-hydrogen) atoms. The van der Waals surface area contributed by atoms with Gasteiger partial charge in [-0.25, -0.2) is 4.79 Å². The summed E-state index contributed by atoms with van der Waals surface area (Å²) in [6, 6.07) is 1.84. The maximum absolute atomic E-state index is 13.9. The largest absolute Gasteiger partial charge is 0.456 e. The molecule has 2 aliphatic rings. The van der Waals surface area contributed by atoms with Crippen LogP contribution in [-0.2, 0) is 22.4 Å². The van der Waals surface area contributed by atoms with Gasteiger partial charge in [-0.1, -0.05) is 18.0 Å². The number of fused-ring (bicyclic) bond motifs is 1. The number of rotatable bonds is 7. The Labute approximate surface area is 191 Å². The maximum Gasteiger partial charge on any atom is 0.341 e. The number of carbonyl (C=O) groups is 3. The molecule has 2 aliphatic carbocycles. The summed E-state index contributed by atoms with van der Waals surface area (Å²) in [5.41, 5.74) is 0.742. The minimum absolute atomic E-state index is 0.0838. The highest BCUT2D eigenvalue weighted by atomic mass is 32.1. The lowest BCUT2D eigenvalue weighted by atomic mass is 9.67. The van der Waals surface area contributed by atoms with Crippen molar-refractivity contribution in [2.75, 3.05) is 5.32 Å². The predicted molar refractivity (Wildman–Crippen MR) is 121 cm³/mol. The molecule has 0 radical (unpaired) electrons. The Morgan fingerprint density at radius 3 is 2.69 bits per heavy atom. The summed E-state index contributed by atoms with van der Waals surface area (Å²) in [7, 11) is 0. The van der Waals surface area contributed by atoms with E-state index in [1.165, 1.54) is 18.3 Å². The molecular weight excluding hydrogens is 428 g/mol. The topological polar surface area (TPSA) is 98.5 Å². The Morgan fingerprint density at radius 1 is 1.34 bits per heavy atom. The van der Waals surface area contributed by atoms with E-state index in [9.17, 15) is 14.4 Å². The molecule has 1 atom stereocenters. The number of thiophene rings is 1. The quantitative estimate of drug-likeness (QED) is 0.573. The van der Waals surface area contributed by atoms with Gasteiger partial charge in [0, 0.05) is 18.4 Å². The van der Waals surface area contributed by atoms with Crippen molar-refractivity contribution in [1.82, 2.24) is 5.16 Å². The number of Topliss-reactive ketones (excluding diaryl/α,β-unsaturated/α-hetero) is 1. The van der Waals surface area contributed by atoms with Gasteiger partial charge in [0.15, 0.2) is 5.78 Å². The van der Waals surface area contributed by atoms with Crippen molar-refractivity contribution in [1.29, 1.82) is 0 Å². The van der Waals surface area contributed by atoms with E-state index in [1.807, 2.05) is 6.07 Å². The van der Waals surface area contributed by atoms with E-state index in [2.05, 4.69) is 10.5 Å². The first kappa shape index (κ1) is 22.7. The lowest BCUT2D eigenvalue weighted by molar-refractivity contribution is -0.114. The van der Waals surface area contributed by atoms with E-state index in [4.69, 9.17) is 9.26 Å². The number of aromatic nitrogens is 1. The zero-order valence-electron chi connectivity index (χ0n) is 19.1. The van der Waals surface area contributed by atoms with Gasteiger partial charge in [0.2, 0.25) is 5.91 Å². The zero-order valence-corrected chi connectivity index (χ0v) is 19.9. The lowest BCUT2D eigenvalue weighted by Crippen LogP contribution is -2.37. The van der Waals surface area contributed by atoms with Crippen molar-refractivity contribution in [3.05, 3.63) is 34.0 Å². The van der Waals surface area contributed by atoms with E-state index in [1.54, 1.807) is 27.0 Å². The second-order valence-corrected chi connectivity index (χ2v) is 11.1. The molecule has 4 rings (SSSR count). The average molecular weight is 459 g/mol. The molecule has 0 bridgehead atoms. The molecule has 0 aliphatic heterocycles. The molecule has 0 aromatic carbocycles. The summed E-state index contributed by atoms with van der Waals surface area (Å²) in [4.78, 5) is 39.4. The molecule has 2 aromatic rings. The van der Waals surface area contributed by atoms with Crippen LogP contribution < -0.4 is 5.32 Å². The number of ketones is 1. The third kappa shape index (κ3) is 4.80. The first-order valence-electron chi connectivity index (χ1n) is 11.2. The second-order valence-electron chi connectivity index (χ2n) is 10.0. The molecule has 8 heteroatoms. The van der Waals surface area contributed by atoms with Crippen molar-refractivity contribution in [3.63, 3.8) is 0 Å². The summed E-state index contributed by atoms with van der Waals surface area (Å²) in [5.74, 6) is -0.113. The summed E-state index contributed by atoms with van der Waals surface area (Å²) in [6.45, 7) is 6.81. The molecular formula is C24H30N2O5S. The molecule has 2 aromatic heterocycles. The van der Waals surface area contributed by atoms with E-state index in [0.717, 1.165) is 25.0 Å². The molecule has 0 spiro atoms. The summed E-state index contributed by atoms with van der Waals surface area (Å²) in [5, 5.41) is 7.17. The molecule has 1 N–H and O–H groups in total. The van der Waals surface area contributed by atoms with Crippen molar-refractivity contribution >= 4 is 34.0 Å². The number of hydrogen-bond donors (Lipinski definition) is 1. The molecule has 0 saturated heterocycles. The number of anilines is 1. The summed E-state index contributed by atoms with van der Waals surface area (Å²) < 4.78 is 10.6. The predicted octanol–water partition coefficient (Wildman–Crippen LogP) is 5.20. The molecule has 1 fully saturated rings. The third-order valence-corrected chi connectivity index (χ3v) is 7.31. The van der Waals surface area contributed by atoms with Gasteiger partial charge in [0.05, 0.1) is 16.1 Å². The highest BCUT2D eigenvalue weighted by molar-refractivity contribution is 7.19. The Bertz CT molecular complexity index is 1030. The smallest absolute Gasteiger partial charge is 0.341 e. The van der Waals surface area contributed by atoms with Gasteiger partial charge in [-0.05, 0) is 64.4 Å². The highest BCUT2D eigenvalue weighted by Gasteiger charge is 2.48. The van der Waals surface area contributed by atoms with Crippen molar-refractivity contribution in [2.45, 2.75) is 78.2 Å². The number of amides is 1. The van der Waals surface area contributed by atoms with Crippen molar-refractivity contribution in [3.8, 4) is 0 Å². The van der Waals surface area contributed by atoms with Crippen LogP contribution in [0.5, 0.6) is 0 Å². The number of aryl methyl sites for hydroxylation is 1. The minimum Gasteiger partial charge on any atom is -0.456 e. The molecule has 1 amide bonds. The van der Waals surface area contributed by atoms with Gasteiger partial charge in [-0.2, -0.15) is 0 Å². The van der Waals surface area contributed by atoms with Gasteiger partial charge in [-0.3, -0.25) is 9.59 Å². The number of hydrogen-bond acceptors (Lipinski definition) is 7. The fourth-order valence-corrected chi connectivity index (χ4v) is 5.89. The van der Waals surface area contributed by atoms with Gasteiger partial charge >= 0.3 is 5.97 Å². The van der Waals surface area contributed by atoms with Crippen LogP contribution in [0.3, 0.4) is 0 Å². The number of nitrogens with one attached hydrogen (secondary N) is 1. The summed E-state index contributed by atoms with van der Waals surface area (Å²) >= 11 is 1.21. The monoisotopic (exact) mass is 458 g/mol. The number of esters is 1. The lowest BCUT2D eigenvalue weighted by Gasteiger charge is -2.36. The van der Waals surface area contributed by atoms with Crippen molar-refractivity contribution in [2.24, 2.45) is 11.3 Å². The van der Waals surface area contributed by atoms with Crippen molar-refractivity contribution < 1.29 is 23.6 Å². The molecule has 7 nitrogen and oxygen atoms in total. The fraction of sp³-hybridized carbons (Fsp3) is 0.583. The molecule has 2 heterocycles. The van der Waals surface area contributed by atoms with Crippen LogP contribution in [0.15, 0.2) is 16.9 Å². The Hall–Kier alpha value is -2.48. The molecule has 1 saturated carbocycles. The standard InChI is InChI=1S/C24H30N2O5S/c1-14(27)25-21-18(22(29)31-23(2,3)4)17-8-11-24(13-15-5-6-15,20(28)19(17)32-21)10-7-16-9-12-30-26-16/h9,12,15H,5-8,10-11,13H2,1-4H3,(H,25,27). The Morgan fingerprint density at radius 2 is 2.09 bits per heavy atom. The summed E-state index contributed by atoms with van der Waals surface area (Å²) in [6.07, 6.45) is 7.40. The fourth-order valence-electron chi connectivity index (χ4n) is 4.54.